The van der Waals surface area contributed by atoms with Gasteiger partial charge < -0.3 is 10.6 Å². The van der Waals surface area contributed by atoms with Crippen LogP contribution in [0.25, 0.3) is 0 Å². The number of benzene rings is 1. The van der Waals surface area contributed by atoms with Crippen molar-refractivity contribution in [3.05, 3.63) is 39.8 Å². The zero-order chi connectivity index (χ0) is 14.0. The fraction of sp³-hybridized carbons (Fsp3) is 0.167. The Morgan fingerprint density at radius 2 is 1.74 bits per heavy atom. The average Bonchev–Trinajstić information content (AvgIpc) is 2.35. The standard InChI is InChI=1S/C12H11Cl2FN4/c1-6-3-10(19-12(16-2)17-6)18-7-4-8(13)11(15)9(14)5-7/h3-5H,1-2H3,(H2,16,17,18,19). The molecule has 0 amide bonds. The first kappa shape index (κ1) is 13.8. The number of aryl methyl sites for hydroxylation is 1. The number of nitrogens with zero attached hydrogens (tertiary/aromatic N) is 2. The van der Waals surface area contributed by atoms with Gasteiger partial charge in [0.25, 0.3) is 0 Å². The largest absolute Gasteiger partial charge is 0.357 e. The van der Waals surface area contributed by atoms with Gasteiger partial charge in [0.05, 0.1) is 10.0 Å². The molecule has 0 saturated carbocycles. The van der Waals surface area contributed by atoms with Crippen molar-refractivity contribution < 1.29 is 4.39 Å². The van der Waals surface area contributed by atoms with E-state index in [0.29, 0.717) is 17.5 Å². The van der Waals surface area contributed by atoms with Crippen LogP contribution in [0.5, 0.6) is 0 Å². The summed E-state index contributed by atoms with van der Waals surface area (Å²) >= 11 is 11.5. The fourth-order valence-electron chi connectivity index (χ4n) is 1.52. The van der Waals surface area contributed by atoms with E-state index < -0.39 is 5.82 Å². The first-order valence-corrected chi connectivity index (χ1v) is 6.20. The molecule has 0 fully saturated rings. The van der Waals surface area contributed by atoms with Gasteiger partial charge in [-0.2, -0.15) is 4.98 Å². The summed E-state index contributed by atoms with van der Waals surface area (Å²) in [6.45, 7) is 1.85. The third-order valence-corrected chi connectivity index (χ3v) is 2.88. The zero-order valence-corrected chi connectivity index (χ0v) is 11.8. The van der Waals surface area contributed by atoms with E-state index >= 15 is 0 Å². The normalized spacial score (nSPS) is 10.4. The van der Waals surface area contributed by atoms with Gasteiger partial charge >= 0.3 is 0 Å². The lowest BCUT2D eigenvalue weighted by atomic mass is 10.3. The SMILES string of the molecule is CNc1nc(C)cc(Nc2cc(Cl)c(F)c(Cl)c2)n1. The number of aromatic nitrogens is 2. The number of rotatable bonds is 3. The van der Waals surface area contributed by atoms with Crippen molar-refractivity contribution in [3.63, 3.8) is 0 Å². The first-order chi connectivity index (χ1) is 8.99. The molecule has 2 rings (SSSR count). The molecule has 0 atom stereocenters. The van der Waals surface area contributed by atoms with Crippen molar-refractivity contribution in [2.24, 2.45) is 0 Å². The Labute approximate surface area is 120 Å². The monoisotopic (exact) mass is 300 g/mol. The molecule has 0 unspecified atom stereocenters. The molecule has 4 nitrogen and oxygen atoms in total. The maximum atomic E-state index is 13.3. The Balaban J connectivity index is 2.33. The van der Waals surface area contributed by atoms with E-state index in [-0.39, 0.29) is 10.0 Å². The van der Waals surface area contributed by atoms with E-state index in [1.54, 1.807) is 13.1 Å². The van der Waals surface area contributed by atoms with Crippen LogP contribution in [0.15, 0.2) is 18.2 Å². The first-order valence-electron chi connectivity index (χ1n) is 5.44. The van der Waals surface area contributed by atoms with E-state index in [1.807, 2.05) is 6.92 Å². The lowest BCUT2D eigenvalue weighted by Gasteiger charge is -2.09. The number of hydrogen-bond acceptors (Lipinski definition) is 4. The molecule has 1 aromatic heterocycles. The topological polar surface area (TPSA) is 49.8 Å². The Morgan fingerprint density at radius 3 is 2.32 bits per heavy atom. The predicted molar refractivity (Wildman–Crippen MR) is 76.0 cm³/mol. The third kappa shape index (κ3) is 3.24. The minimum atomic E-state index is -0.635. The second-order valence-electron chi connectivity index (χ2n) is 3.85. The third-order valence-electron chi connectivity index (χ3n) is 2.33. The van der Waals surface area contributed by atoms with Crippen LogP contribution in [-0.2, 0) is 0 Å². The average molecular weight is 301 g/mol. The zero-order valence-electron chi connectivity index (χ0n) is 10.3. The summed E-state index contributed by atoms with van der Waals surface area (Å²) in [5.74, 6) is 0.418. The fourth-order valence-corrected chi connectivity index (χ4v) is 2.01. The molecule has 7 heteroatoms. The Morgan fingerprint density at radius 1 is 1.11 bits per heavy atom. The predicted octanol–water partition coefficient (Wildman–Crippen LogP) is 4.02. The minimum absolute atomic E-state index is 0.0466. The maximum Gasteiger partial charge on any atom is 0.224 e. The van der Waals surface area contributed by atoms with Gasteiger partial charge in [-0.1, -0.05) is 23.2 Å². The molecule has 0 aliphatic carbocycles. The lowest BCUT2D eigenvalue weighted by Crippen LogP contribution is -2.02. The van der Waals surface area contributed by atoms with Crippen LogP contribution in [0.4, 0.5) is 21.8 Å². The van der Waals surface area contributed by atoms with E-state index in [2.05, 4.69) is 20.6 Å². The summed E-state index contributed by atoms with van der Waals surface area (Å²) in [6, 6.07) is 4.64. The van der Waals surface area contributed by atoms with Crippen molar-refractivity contribution in [1.82, 2.24) is 9.97 Å². The van der Waals surface area contributed by atoms with Crippen LogP contribution in [0.2, 0.25) is 10.0 Å². The van der Waals surface area contributed by atoms with Crippen LogP contribution in [0.1, 0.15) is 5.69 Å². The number of hydrogen-bond donors (Lipinski definition) is 2. The van der Waals surface area contributed by atoms with Crippen molar-refractivity contribution in [2.45, 2.75) is 6.92 Å². The van der Waals surface area contributed by atoms with E-state index in [1.165, 1.54) is 12.1 Å². The highest BCUT2D eigenvalue weighted by Gasteiger charge is 2.08. The van der Waals surface area contributed by atoms with Crippen molar-refractivity contribution in [3.8, 4) is 0 Å². The molecule has 2 aromatic rings. The Hall–Kier alpha value is -1.59. The summed E-state index contributed by atoms with van der Waals surface area (Å²) in [4.78, 5) is 8.38. The van der Waals surface area contributed by atoms with Crippen LogP contribution >= 0.6 is 23.2 Å². The molecule has 100 valence electrons. The smallest absolute Gasteiger partial charge is 0.224 e. The quantitative estimate of drug-likeness (QED) is 0.841. The highest BCUT2D eigenvalue weighted by atomic mass is 35.5. The van der Waals surface area contributed by atoms with Crippen molar-refractivity contribution in [1.29, 1.82) is 0 Å². The van der Waals surface area contributed by atoms with Gasteiger partial charge in [0.2, 0.25) is 5.95 Å². The molecule has 0 aliphatic heterocycles. The van der Waals surface area contributed by atoms with Crippen molar-refractivity contribution in [2.75, 3.05) is 17.7 Å². The molecule has 0 radical (unpaired) electrons. The van der Waals surface area contributed by atoms with Crippen LogP contribution in [0, 0.1) is 12.7 Å². The van der Waals surface area contributed by atoms with Crippen LogP contribution in [0.3, 0.4) is 0 Å². The maximum absolute atomic E-state index is 13.3. The Kier molecular flexibility index (Phi) is 4.07. The molecule has 1 heterocycles. The second-order valence-corrected chi connectivity index (χ2v) is 4.66. The summed E-state index contributed by atoms with van der Waals surface area (Å²) < 4.78 is 13.3. The van der Waals surface area contributed by atoms with Crippen LogP contribution in [-0.4, -0.2) is 17.0 Å². The summed E-state index contributed by atoms with van der Waals surface area (Å²) in [7, 11) is 1.73. The Bertz CT molecular complexity index is 596. The number of nitrogens with one attached hydrogen (secondary N) is 2. The number of halogens is 3. The molecule has 0 saturated heterocycles. The van der Waals surface area contributed by atoms with Crippen LogP contribution < -0.4 is 10.6 Å². The molecule has 0 spiro atoms. The van der Waals surface area contributed by atoms with E-state index in [4.69, 9.17) is 23.2 Å². The molecule has 0 bridgehead atoms. The van der Waals surface area contributed by atoms with Gasteiger partial charge in [-0.25, -0.2) is 9.37 Å². The van der Waals surface area contributed by atoms with E-state index in [0.717, 1.165) is 5.69 Å². The summed E-state index contributed by atoms with van der Waals surface area (Å²) in [5.41, 5.74) is 1.35. The van der Waals surface area contributed by atoms with Gasteiger partial charge in [-0.15, -0.1) is 0 Å². The molecule has 0 aliphatic rings. The van der Waals surface area contributed by atoms with Gasteiger partial charge in [-0.05, 0) is 19.1 Å². The molecule has 19 heavy (non-hydrogen) atoms. The van der Waals surface area contributed by atoms with Crippen molar-refractivity contribution >= 4 is 40.7 Å². The summed E-state index contributed by atoms with van der Waals surface area (Å²) in [5, 5.41) is 5.76. The van der Waals surface area contributed by atoms with Gasteiger partial charge in [0, 0.05) is 24.5 Å². The number of anilines is 3. The molecule has 1 aromatic carbocycles. The van der Waals surface area contributed by atoms with Gasteiger partial charge in [0.15, 0.2) is 5.82 Å². The van der Waals surface area contributed by atoms with Gasteiger partial charge in [-0.3, -0.25) is 0 Å². The molecular formula is C12H11Cl2FN4. The molecular weight excluding hydrogens is 290 g/mol. The summed E-state index contributed by atoms with van der Waals surface area (Å²) in [6.07, 6.45) is 0. The highest BCUT2D eigenvalue weighted by molar-refractivity contribution is 6.35. The van der Waals surface area contributed by atoms with Gasteiger partial charge in [0.1, 0.15) is 5.82 Å². The molecule has 2 N–H and O–H groups in total. The van der Waals surface area contributed by atoms with E-state index in [9.17, 15) is 4.39 Å². The second kappa shape index (κ2) is 5.59. The lowest BCUT2D eigenvalue weighted by molar-refractivity contribution is 0.629. The minimum Gasteiger partial charge on any atom is -0.357 e. The highest BCUT2D eigenvalue weighted by Crippen LogP contribution is 2.28.